The number of thiophene rings is 1. The molecule has 0 unspecified atom stereocenters. The predicted molar refractivity (Wildman–Crippen MR) is 213 cm³/mol. The maximum Gasteiger partial charge on any atom is 0.393 e. The predicted octanol–water partition coefficient (Wildman–Crippen LogP) is 6.27. The summed E-state index contributed by atoms with van der Waals surface area (Å²) >= 11 is 7.66. The molecule has 7 rings (SSSR count). The number of aryl methyl sites for hydroxylation is 1. The van der Waals surface area contributed by atoms with Gasteiger partial charge in [-0.25, -0.2) is 23.1 Å². The number of hydrogen-bond donors (Lipinski definition) is 1. The van der Waals surface area contributed by atoms with Crippen molar-refractivity contribution in [2.24, 2.45) is 5.92 Å². The molecule has 1 amide bonds. The number of fused-ring (bicyclic) bond motifs is 2. The number of pyridine rings is 2. The molecule has 1 N–H and O–H groups in total. The average molecular weight is 837 g/mol. The smallest absolute Gasteiger partial charge is 0.353 e. The molecule has 1 aliphatic carbocycles. The lowest BCUT2D eigenvalue weighted by molar-refractivity contribution is -0.152. The van der Waals surface area contributed by atoms with Crippen LogP contribution < -0.4 is 15.2 Å². The van der Waals surface area contributed by atoms with Crippen LogP contribution in [-0.4, -0.2) is 82.4 Å². The maximum absolute atomic E-state index is 14.2. The zero-order valence-corrected chi connectivity index (χ0v) is 33.4. The summed E-state index contributed by atoms with van der Waals surface area (Å²) in [6.07, 6.45) is 0.111. The van der Waals surface area contributed by atoms with Crippen LogP contribution in [0.3, 0.4) is 0 Å². The van der Waals surface area contributed by atoms with Crippen molar-refractivity contribution in [2.45, 2.75) is 64.8 Å². The molecule has 18 heteroatoms. The number of sulfonamides is 1. The summed E-state index contributed by atoms with van der Waals surface area (Å²) in [5.74, 6) is 4.58. The monoisotopic (exact) mass is 836 g/mol. The minimum Gasteiger partial charge on any atom is -0.353 e. The quantitative estimate of drug-likeness (QED) is 0.168. The van der Waals surface area contributed by atoms with Gasteiger partial charge in [-0.1, -0.05) is 23.4 Å². The van der Waals surface area contributed by atoms with Crippen molar-refractivity contribution < 1.29 is 26.4 Å². The zero-order chi connectivity index (χ0) is 40.8. The molecule has 57 heavy (non-hydrogen) atoms. The molecule has 0 radical (unpaired) electrons. The Bertz CT molecular complexity index is 2690. The van der Waals surface area contributed by atoms with E-state index in [2.05, 4.69) is 37.6 Å². The molecule has 2 aliphatic rings. The van der Waals surface area contributed by atoms with Gasteiger partial charge in [0.05, 0.1) is 51.1 Å². The average Bonchev–Trinajstić information content (AvgIpc) is 3.89. The van der Waals surface area contributed by atoms with Crippen LogP contribution in [0.4, 0.5) is 19.0 Å². The van der Waals surface area contributed by atoms with Gasteiger partial charge < -0.3 is 4.90 Å². The molecule has 2 atom stereocenters. The summed E-state index contributed by atoms with van der Waals surface area (Å²) in [5, 5.41) is 12.5. The second-order valence-electron chi connectivity index (χ2n) is 13.9. The third-order valence-corrected chi connectivity index (χ3v) is 13.0. The Morgan fingerprint density at radius 3 is 2.58 bits per heavy atom. The van der Waals surface area contributed by atoms with Gasteiger partial charge in [0.15, 0.2) is 0 Å². The van der Waals surface area contributed by atoms with Gasteiger partial charge in [0.1, 0.15) is 23.3 Å². The Morgan fingerprint density at radius 1 is 1.16 bits per heavy atom. The standard InChI is InChI=1S/C39H36ClF3N8O4S2/c1-4-50(25-11-15-49(16-12-25)32-18-30(32)39(41,42)43)36-28(19-44)33-31(20-46-36)47-22(3)51(38(33)53)14-6-7-23-8-9-24(40)17-27(23)26-10-13-45-34-29(21-56-35(26)34)37(52)48-57(54,55)5-2/h8-10,13,17,20-21,25,30,32H,4-5,11-12,14-16,18H2,1-3H3,(H,48,52)/t30-,32-/m1/s1. The van der Waals surface area contributed by atoms with Crippen molar-refractivity contribution in [1.82, 2.24) is 29.1 Å². The van der Waals surface area contributed by atoms with Crippen LogP contribution in [-0.2, 0) is 16.6 Å². The van der Waals surface area contributed by atoms with Gasteiger partial charge in [-0.15, -0.1) is 11.3 Å². The normalized spacial score (nSPS) is 17.6. The Hall–Kier alpha value is -5.07. The van der Waals surface area contributed by atoms with E-state index in [0.29, 0.717) is 76.0 Å². The number of halogens is 4. The van der Waals surface area contributed by atoms with E-state index < -0.39 is 39.6 Å². The number of carbonyl (C=O) groups is 1. The van der Waals surface area contributed by atoms with Gasteiger partial charge in [-0.05, 0) is 64.3 Å². The summed E-state index contributed by atoms with van der Waals surface area (Å²) in [5.41, 5.74) is 2.15. The fraction of sp³-hybridized carbons (Fsp3) is 0.385. The highest BCUT2D eigenvalue weighted by Gasteiger charge is 2.58. The zero-order valence-electron chi connectivity index (χ0n) is 31.0. The first kappa shape index (κ1) is 40.1. The third-order valence-electron chi connectivity index (χ3n) is 10.5. The number of piperidine rings is 1. The minimum absolute atomic E-state index is 0.0742. The van der Waals surface area contributed by atoms with E-state index in [1.807, 2.05) is 16.7 Å². The van der Waals surface area contributed by atoms with Crippen LogP contribution in [0.15, 0.2) is 46.8 Å². The summed E-state index contributed by atoms with van der Waals surface area (Å²) < 4.78 is 67.9. The van der Waals surface area contributed by atoms with E-state index in [9.17, 15) is 36.4 Å². The van der Waals surface area contributed by atoms with Crippen LogP contribution in [0, 0.1) is 36.0 Å². The number of carbonyl (C=O) groups excluding carboxylic acids is 1. The van der Waals surface area contributed by atoms with Gasteiger partial charge in [-0.2, -0.15) is 18.4 Å². The van der Waals surface area contributed by atoms with Gasteiger partial charge in [0, 0.05) is 65.0 Å². The molecule has 1 saturated heterocycles. The highest BCUT2D eigenvalue weighted by Crippen LogP contribution is 2.48. The Kier molecular flexibility index (Phi) is 11.1. The van der Waals surface area contributed by atoms with E-state index in [1.54, 1.807) is 36.6 Å². The molecule has 1 aromatic carbocycles. The highest BCUT2D eigenvalue weighted by atomic mass is 35.5. The second-order valence-corrected chi connectivity index (χ2v) is 17.2. The van der Waals surface area contributed by atoms with E-state index in [4.69, 9.17) is 11.6 Å². The summed E-state index contributed by atoms with van der Waals surface area (Å²) in [6, 6.07) is 8.50. The lowest BCUT2D eigenvalue weighted by Crippen LogP contribution is -2.47. The van der Waals surface area contributed by atoms with Crippen molar-refractivity contribution in [3.8, 4) is 29.0 Å². The summed E-state index contributed by atoms with van der Waals surface area (Å²) in [7, 11) is -3.80. The SMILES string of the molecule is CCN(c1ncc2nc(C)n(CC#Cc3ccc(Cl)cc3-c3ccnc4c(C(=O)NS(=O)(=O)CC)csc34)c(=O)c2c1C#N)C1CCN([C@@H]2C[C@H]2C(F)(F)F)CC1. The lowest BCUT2D eigenvalue weighted by atomic mass is 10.00. The van der Waals surface area contributed by atoms with Crippen LogP contribution in [0.2, 0.25) is 5.02 Å². The van der Waals surface area contributed by atoms with Gasteiger partial charge in [0.25, 0.3) is 11.5 Å². The van der Waals surface area contributed by atoms with Crippen LogP contribution >= 0.6 is 22.9 Å². The highest BCUT2D eigenvalue weighted by molar-refractivity contribution is 7.90. The fourth-order valence-electron chi connectivity index (χ4n) is 7.50. The first-order chi connectivity index (χ1) is 27.1. The Balaban J connectivity index is 1.17. The van der Waals surface area contributed by atoms with Gasteiger partial charge in [-0.3, -0.25) is 24.0 Å². The third kappa shape index (κ3) is 7.94. The van der Waals surface area contributed by atoms with Crippen molar-refractivity contribution >= 4 is 65.8 Å². The molecule has 1 aliphatic heterocycles. The minimum atomic E-state index is -4.19. The van der Waals surface area contributed by atoms with Crippen LogP contribution in [0.1, 0.15) is 60.4 Å². The van der Waals surface area contributed by atoms with Crippen LogP contribution in [0.5, 0.6) is 0 Å². The summed E-state index contributed by atoms with van der Waals surface area (Å²) in [6.45, 7) is 6.40. The van der Waals surface area contributed by atoms with Crippen molar-refractivity contribution in [3.05, 3.63) is 79.9 Å². The molecule has 4 aromatic heterocycles. The van der Waals surface area contributed by atoms with Crippen molar-refractivity contribution in [2.75, 3.05) is 30.3 Å². The maximum atomic E-state index is 14.2. The largest absolute Gasteiger partial charge is 0.393 e. The Morgan fingerprint density at radius 2 is 1.91 bits per heavy atom. The number of hydrogen-bond acceptors (Lipinski definition) is 11. The molecule has 5 heterocycles. The van der Waals surface area contributed by atoms with Crippen molar-refractivity contribution in [3.63, 3.8) is 0 Å². The van der Waals surface area contributed by atoms with E-state index in [-0.39, 0.29) is 46.8 Å². The number of nitrogens with one attached hydrogen (secondary N) is 1. The van der Waals surface area contributed by atoms with Gasteiger partial charge in [0.2, 0.25) is 10.0 Å². The van der Waals surface area contributed by atoms with E-state index >= 15 is 0 Å². The number of amides is 1. The van der Waals surface area contributed by atoms with Crippen molar-refractivity contribution in [1.29, 1.82) is 5.26 Å². The molecular weight excluding hydrogens is 801 g/mol. The fourth-order valence-corrected chi connectivity index (χ4v) is 9.25. The molecule has 296 valence electrons. The molecule has 2 fully saturated rings. The van der Waals surface area contributed by atoms with Gasteiger partial charge >= 0.3 is 6.18 Å². The molecule has 12 nitrogen and oxygen atoms in total. The number of nitrogens with zero attached hydrogens (tertiary/aromatic N) is 7. The number of benzene rings is 1. The number of alkyl halides is 3. The molecule has 0 spiro atoms. The Labute approximate surface area is 335 Å². The molecule has 1 saturated carbocycles. The number of aromatic nitrogens is 4. The molecular formula is C39H36ClF3N8O4S2. The van der Waals surface area contributed by atoms with Crippen LogP contribution in [0.25, 0.3) is 32.2 Å². The number of likely N-dealkylation sites (tertiary alicyclic amines) is 1. The first-order valence-electron chi connectivity index (χ1n) is 18.2. The topological polar surface area (TPSA) is 154 Å². The number of anilines is 1. The number of nitriles is 1. The van der Waals surface area contributed by atoms with E-state index in [1.165, 1.54) is 35.2 Å². The second kappa shape index (κ2) is 15.7. The molecule has 0 bridgehead atoms. The molecule has 5 aromatic rings. The number of rotatable bonds is 9. The lowest BCUT2D eigenvalue weighted by Gasteiger charge is -2.39. The van der Waals surface area contributed by atoms with E-state index in [0.717, 1.165) is 0 Å². The first-order valence-corrected chi connectivity index (χ1v) is 21.1. The summed E-state index contributed by atoms with van der Waals surface area (Å²) in [4.78, 5) is 44.4.